The van der Waals surface area contributed by atoms with Crippen LogP contribution in [0.4, 0.5) is 0 Å². The van der Waals surface area contributed by atoms with Crippen LogP contribution >= 0.6 is 11.6 Å². The highest BCUT2D eigenvalue weighted by Crippen LogP contribution is 2.20. The van der Waals surface area contributed by atoms with Crippen molar-refractivity contribution in [2.24, 2.45) is 0 Å². The zero-order valence-electron chi connectivity index (χ0n) is 18.2. The number of carbonyl (C=O) groups is 1. The number of aryl methyl sites for hydroxylation is 1. The molecule has 2 aromatic carbocycles. The van der Waals surface area contributed by atoms with Crippen molar-refractivity contribution in [1.29, 1.82) is 0 Å². The molecule has 0 bridgehead atoms. The molecular formula is C24H27ClN2O4S. The normalized spacial score (nSPS) is 11.6. The third kappa shape index (κ3) is 6.22. The molecule has 0 N–H and O–H groups in total. The van der Waals surface area contributed by atoms with Gasteiger partial charge >= 0.3 is 0 Å². The van der Waals surface area contributed by atoms with Gasteiger partial charge in [-0.05, 0) is 55.3 Å². The Bertz CT molecular complexity index is 1130. The number of amides is 1. The summed E-state index contributed by atoms with van der Waals surface area (Å²) >= 11 is 5.91. The van der Waals surface area contributed by atoms with Gasteiger partial charge in [-0.15, -0.1) is 0 Å². The summed E-state index contributed by atoms with van der Waals surface area (Å²) in [5.41, 5.74) is 0.951. The first-order valence-corrected chi connectivity index (χ1v) is 12.2. The number of rotatable bonds is 10. The van der Waals surface area contributed by atoms with Crippen LogP contribution in [-0.4, -0.2) is 36.6 Å². The first kappa shape index (κ1) is 24.0. The number of nitrogens with zero attached hydrogens (tertiary/aromatic N) is 2. The fourth-order valence-corrected chi connectivity index (χ4v) is 4.94. The Morgan fingerprint density at radius 1 is 0.969 bits per heavy atom. The number of hydrogen-bond acceptors (Lipinski definition) is 4. The first-order chi connectivity index (χ1) is 15.3. The molecule has 6 nitrogen and oxygen atoms in total. The molecule has 0 fully saturated rings. The highest BCUT2D eigenvalue weighted by Gasteiger charge is 2.28. The third-order valence-corrected chi connectivity index (χ3v) is 7.06. The van der Waals surface area contributed by atoms with Gasteiger partial charge in [0.2, 0.25) is 15.9 Å². The van der Waals surface area contributed by atoms with Crippen molar-refractivity contribution in [2.45, 2.75) is 38.3 Å². The van der Waals surface area contributed by atoms with Crippen LogP contribution in [0, 0.1) is 6.92 Å². The Hall–Kier alpha value is -2.61. The Kier molecular flexibility index (Phi) is 8.12. The smallest absolute Gasteiger partial charge is 0.243 e. The van der Waals surface area contributed by atoms with Crippen molar-refractivity contribution < 1.29 is 17.6 Å². The van der Waals surface area contributed by atoms with E-state index >= 15 is 0 Å². The molecule has 0 unspecified atom stereocenters. The molecule has 0 radical (unpaired) electrons. The van der Waals surface area contributed by atoms with Crippen molar-refractivity contribution in [2.75, 3.05) is 13.1 Å². The van der Waals surface area contributed by atoms with Crippen LogP contribution < -0.4 is 0 Å². The van der Waals surface area contributed by atoms with Gasteiger partial charge in [0.25, 0.3) is 0 Å². The highest BCUT2D eigenvalue weighted by atomic mass is 35.5. The summed E-state index contributed by atoms with van der Waals surface area (Å²) in [7, 11) is -3.85. The van der Waals surface area contributed by atoms with E-state index in [2.05, 4.69) is 0 Å². The summed E-state index contributed by atoms with van der Waals surface area (Å²) in [6, 6.07) is 19.2. The molecule has 3 rings (SSSR count). The monoisotopic (exact) mass is 474 g/mol. The molecule has 0 saturated heterocycles. The maximum absolute atomic E-state index is 13.3. The molecule has 0 saturated carbocycles. The number of sulfonamides is 1. The van der Waals surface area contributed by atoms with Crippen LogP contribution in [-0.2, 0) is 27.9 Å². The molecule has 1 aromatic heterocycles. The maximum atomic E-state index is 13.3. The lowest BCUT2D eigenvalue weighted by Gasteiger charge is -2.27. The van der Waals surface area contributed by atoms with E-state index in [1.807, 2.05) is 56.3 Å². The summed E-state index contributed by atoms with van der Waals surface area (Å²) in [6.07, 6.45) is 0.580. The molecule has 32 heavy (non-hydrogen) atoms. The highest BCUT2D eigenvalue weighted by molar-refractivity contribution is 7.89. The average Bonchev–Trinajstić information content (AvgIpc) is 3.18. The van der Waals surface area contributed by atoms with E-state index in [1.165, 1.54) is 28.6 Å². The van der Waals surface area contributed by atoms with Crippen molar-refractivity contribution in [3.63, 3.8) is 0 Å². The Morgan fingerprint density at radius 2 is 1.66 bits per heavy atom. The first-order valence-electron chi connectivity index (χ1n) is 10.4. The van der Waals surface area contributed by atoms with Gasteiger partial charge in [0, 0.05) is 18.1 Å². The van der Waals surface area contributed by atoms with E-state index in [-0.39, 0.29) is 30.4 Å². The maximum Gasteiger partial charge on any atom is 0.243 e. The predicted octanol–water partition coefficient (Wildman–Crippen LogP) is 4.87. The number of hydrogen-bond donors (Lipinski definition) is 0. The van der Waals surface area contributed by atoms with Crippen molar-refractivity contribution in [3.8, 4) is 0 Å². The molecule has 0 aliphatic heterocycles. The number of carbonyl (C=O) groups excluding carboxylic acids is 1. The largest absolute Gasteiger partial charge is 0.464 e. The molecular weight excluding hydrogens is 448 g/mol. The van der Waals surface area contributed by atoms with Crippen LogP contribution in [0.15, 0.2) is 76.0 Å². The summed E-state index contributed by atoms with van der Waals surface area (Å²) in [4.78, 5) is 15.1. The zero-order chi connectivity index (χ0) is 23.1. The van der Waals surface area contributed by atoms with Gasteiger partial charge < -0.3 is 9.32 Å². The van der Waals surface area contributed by atoms with Gasteiger partial charge in [0.15, 0.2) is 0 Å². The Balaban J connectivity index is 1.84. The summed E-state index contributed by atoms with van der Waals surface area (Å²) in [5, 5.41) is 0.449. The SMILES string of the molecule is CCCN(CC(=O)N(Cc1ccccc1)Cc1ccc(C)o1)S(=O)(=O)c1ccc(Cl)cc1. The van der Waals surface area contributed by atoms with Crippen LogP contribution in [0.2, 0.25) is 5.02 Å². The van der Waals surface area contributed by atoms with Crippen molar-refractivity contribution >= 4 is 27.5 Å². The predicted molar refractivity (Wildman–Crippen MR) is 125 cm³/mol. The minimum absolute atomic E-state index is 0.111. The molecule has 1 heterocycles. The Labute approximate surface area is 194 Å². The number of halogens is 1. The third-order valence-electron chi connectivity index (χ3n) is 4.95. The van der Waals surface area contributed by atoms with Gasteiger partial charge in [0.05, 0.1) is 18.0 Å². The van der Waals surface area contributed by atoms with E-state index in [1.54, 1.807) is 4.90 Å². The minimum Gasteiger partial charge on any atom is -0.464 e. The zero-order valence-corrected chi connectivity index (χ0v) is 19.8. The molecule has 1 amide bonds. The molecule has 0 spiro atoms. The van der Waals surface area contributed by atoms with Gasteiger partial charge in [-0.2, -0.15) is 4.31 Å². The fourth-order valence-electron chi connectivity index (χ4n) is 3.33. The van der Waals surface area contributed by atoms with E-state index in [0.29, 0.717) is 23.7 Å². The van der Waals surface area contributed by atoms with Gasteiger partial charge in [-0.3, -0.25) is 4.79 Å². The van der Waals surface area contributed by atoms with Gasteiger partial charge in [0.1, 0.15) is 11.5 Å². The second-order valence-electron chi connectivity index (χ2n) is 7.54. The van der Waals surface area contributed by atoms with Crippen molar-refractivity contribution in [3.05, 3.63) is 88.8 Å². The fraction of sp³-hybridized carbons (Fsp3) is 0.292. The van der Waals surface area contributed by atoms with E-state index in [9.17, 15) is 13.2 Å². The lowest BCUT2D eigenvalue weighted by atomic mass is 10.2. The van der Waals surface area contributed by atoms with Crippen molar-refractivity contribution in [1.82, 2.24) is 9.21 Å². The standard InChI is InChI=1S/C24H27ClN2O4S/c1-3-15-27(32(29,30)23-13-10-21(25)11-14-23)18-24(28)26(16-20-7-5-4-6-8-20)17-22-12-9-19(2)31-22/h4-14H,3,15-18H2,1-2H3. The second kappa shape index (κ2) is 10.8. The van der Waals surface area contributed by atoms with Gasteiger partial charge in [-0.25, -0.2) is 8.42 Å². The van der Waals surface area contributed by atoms with Crippen LogP contribution in [0.25, 0.3) is 0 Å². The number of benzene rings is 2. The summed E-state index contributed by atoms with van der Waals surface area (Å²) in [6.45, 7) is 4.29. The van der Waals surface area contributed by atoms with Crippen LogP contribution in [0.5, 0.6) is 0 Å². The molecule has 8 heteroatoms. The molecule has 0 aliphatic carbocycles. The minimum atomic E-state index is -3.85. The number of furan rings is 1. The topological polar surface area (TPSA) is 70.8 Å². The average molecular weight is 475 g/mol. The van der Waals surface area contributed by atoms with Gasteiger partial charge in [-0.1, -0.05) is 48.9 Å². The van der Waals surface area contributed by atoms with E-state index < -0.39 is 10.0 Å². The van der Waals surface area contributed by atoms with Crippen LogP contribution in [0.1, 0.15) is 30.4 Å². The molecule has 0 aliphatic rings. The summed E-state index contributed by atoms with van der Waals surface area (Å²) < 4.78 is 33.3. The van der Waals surface area contributed by atoms with E-state index in [0.717, 1.165) is 11.3 Å². The van der Waals surface area contributed by atoms with Crippen LogP contribution in [0.3, 0.4) is 0 Å². The molecule has 3 aromatic rings. The Morgan fingerprint density at radius 3 is 2.25 bits per heavy atom. The molecule has 0 atom stereocenters. The van der Waals surface area contributed by atoms with E-state index in [4.69, 9.17) is 16.0 Å². The second-order valence-corrected chi connectivity index (χ2v) is 9.91. The lowest BCUT2D eigenvalue weighted by molar-refractivity contribution is -0.133. The summed E-state index contributed by atoms with van der Waals surface area (Å²) in [5.74, 6) is 1.10. The quantitative estimate of drug-likeness (QED) is 0.420. The molecule has 170 valence electrons. The lowest BCUT2D eigenvalue weighted by Crippen LogP contribution is -2.42.